The maximum Gasteiger partial charge on any atom is 0.431 e. The summed E-state index contributed by atoms with van der Waals surface area (Å²) in [6, 6.07) is 0. The van der Waals surface area contributed by atoms with Crippen molar-refractivity contribution in [1.29, 1.82) is 0 Å². The van der Waals surface area contributed by atoms with E-state index in [2.05, 4.69) is 13.2 Å². The van der Waals surface area contributed by atoms with Crippen molar-refractivity contribution in [2.24, 2.45) is 5.92 Å². The van der Waals surface area contributed by atoms with Crippen LogP contribution in [0.15, 0.2) is 13.2 Å². The molecule has 47 heavy (non-hydrogen) atoms. The normalized spacial score (nSPS) is 15.8. The van der Waals surface area contributed by atoms with Crippen LogP contribution in [0.1, 0.15) is 39.5 Å². The molecule has 2 atom stereocenters. The second kappa shape index (κ2) is 17.6. The Morgan fingerprint density at radius 2 is 0.702 bits per heavy atom. The zero-order valence-corrected chi connectivity index (χ0v) is 26.0. The van der Waals surface area contributed by atoms with E-state index in [4.69, 9.17) is 0 Å². The fourth-order valence-electron chi connectivity index (χ4n) is 2.83. The van der Waals surface area contributed by atoms with E-state index in [9.17, 15) is 105 Å². The highest BCUT2D eigenvalue weighted by Gasteiger charge is 2.76. The molecular weight excluding hydrogens is 962 g/mol. The second-order valence-corrected chi connectivity index (χ2v) is 11.4. The van der Waals surface area contributed by atoms with E-state index in [1.807, 2.05) is 0 Å². The highest BCUT2D eigenvalue weighted by molar-refractivity contribution is 14.1. The van der Waals surface area contributed by atoms with Crippen LogP contribution in [0, 0.1) is 5.92 Å². The highest BCUT2D eigenvalue weighted by Crippen LogP contribution is 2.54. The molecule has 0 saturated heterocycles. The third kappa shape index (κ3) is 16.4. The van der Waals surface area contributed by atoms with Crippen LogP contribution in [-0.4, -0.2) is 68.6 Å². The van der Waals surface area contributed by atoms with Crippen molar-refractivity contribution in [3.05, 3.63) is 13.2 Å². The molecule has 0 heterocycles. The van der Waals surface area contributed by atoms with Crippen molar-refractivity contribution in [3.8, 4) is 0 Å². The fraction of sp³-hybridized carbons (Fsp3) is 0.905. The minimum Gasteiger partial charge on any atom is -0.223 e. The molecule has 0 aromatic rings. The van der Waals surface area contributed by atoms with Crippen molar-refractivity contribution in [2.45, 2.75) is 104 Å². The van der Waals surface area contributed by atoms with Gasteiger partial charge < -0.3 is 0 Å². The summed E-state index contributed by atoms with van der Waals surface area (Å²) in [5.41, 5.74) is -12.6. The van der Waals surface area contributed by atoms with Crippen molar-refractivity contribution in [3.63, 3.8) is 0 Å². The first-order valence-corrected chi connectivity index (χ1v) is 13.7. The van der Waals surface area contributed by atoms with Gasteiger partial charge in [0.2, 0.25) is 0 Å². The molecule has 0 amide bonds. The lowest BCUT2D eigenvalue weighted by Crippen LogP contribution is -2.56. The molecule has 2 unspecified atom stereocenters. The predicted molar refractivity (Wildman–Crippen MR) is 135 cm³/mol. The molecule has 0 aromatic heterocycles. The lowest BCUT2D eigenvalue weighted by molar-refractivity contribution is -0.356. The van der Waals surface area contributed by atoms with E-state index >= 15 is 0 Å². The van der Waals surface area contributed by atoms with E-state index in [1.165, 1.54) is 22.6 Å². The topological polar surface area (TPSA) is 0 Å². The van der Waals surface area contributed by atoms with Crippen molar-refractivity contribution in [1.82, 2.24) is 0 Å². The Morgan fingerprint density at radius 3 is 0.894 bits per heavy atom. The molecule has 0 spiro atoms. The number of alkyl halides is 26. The smallest absolute Gasteiger partial charge is 0.223 e. The highest BCUT2D eigenvalue weighted by atomic mass is 127. The molecule has 0 radical (unpaired) electrons. The molecule has 26 heteroatoms. The Morgan fingerprint density at radius 1 is 0.447 bits per heavy atom. The molecule has 0 aliphatic heterocycles. The maximum absolute atomic E-state index is 13.3. The summed E-state index contributed by atoms with van der Waals surface area (Å²) in [4.78, 5) is 0. The average molecular weight is 984 g/mol. The van der Waals surface area contributed by atoms with Gasteiger partial charge in [-0.15, -0.1) is 13.2 Å². The third-order valence-electron chi connectivity index (χ3n) is 5.10. The Kier molecular flexibility index (Phi) is 20.0. The van der Waals surface area contributed by atoms with Gasteiger partial charge >= 0.3 is 48.4 Å². The van der Waals surface area contributed by atoms with Crippen LogP contribution >= 0.6 is 45.2 Å². The molecule has 0 aliphatic carbocycles. The van der Waals surface area contributed by atoms with E-state index in [1.54, 1.807) is 0 Å². The second-order valence-electron chi connectivity index (χ2n) is 8.79. The molecular formula is C21H22F24I2. The minimum absolute atomic E-state index is 0. The standard InChI is InChI=1S/C10H9F12I.C8H5F12I.C2H4.CH4/c11-6(12,3-5(1-2-23)8(14,15)16)4-7(13,9(17,18)19)10(20,21)22;9-4(10,1-3(21)6(12,13)14)2-5(11,7(15,16)17)8(18,19)20;1-2;/h5H,1-4H2;3H,1-2H2;1-2H2;1H4. The quantitative estimate of drug-likeness (QED) is 0.0886. The van der Waals surface area contributed by atoms with Crippen molar-refractivity contribution >= 4 is 45.2 Å². The van der Waals surface area contributed by atoms with E-state index < -0.39 is 102 Å². The van der Waals surface area contributed by atoms with Gasteiger partial charge in [0.15, 0.2) is 0 Å². The summed E-state index contributed by atoms with van der Waals surface area (Å²) < 4.78 is 295. The minimum atomic E-state index is -6.74. The molecule has 0 N–H and O–H groups in total. The Labute approximate surface area is 277 Å². The van der Waals surface area contributed by atoms with Crippen LogP contribution in [0.4, 0.5) is 105 Å². The molecule has 288 valence electrons. The van der Waals surface area contributed by atoms with Crippen LogP contribution in [0.25, 0.3) is 0 Å². The Balaban J connectivity index is -0.000000367. The number of hydrogen-bond acceptors (Lipinski definition) is 0. The van der Waals surface area contributed by atoms with Gasteiger partial charge in [-0.25, -0.2) is 26.3 Å². The van der Waals surface area contributed by atoms with Crippen molar-refractivity contribution < 1.29 is 105 Å². The van der Waals surface area contributed by atoms with Gasteiger partial charge in [-0.2, -0.15) is 79.0 Å². The van der Waals surface area contributed by atoms with Crippen molar-refractivity contribution in [2.75, 3.05) is 4.43 Å². The Hall–Kier alpha value is -0.480. The summed E-state index contributed by atoms with van der Waals surface area (Å²) in [5, 5.41) is 0. The maximum atomic E-state index is 13.3. The van der Waals surface area contributed by atoms with Crippen LogP contribution in [0.3, 0.4) is 0 Å². The molecule has 0 fully saturated rings. The molecule has 0 saturated carbocycles. The summed E-state index contributed by atoms with van der Waals surface area (Å²) in [6.07, 6.45) is -50.2. The summed E-state index contributed by atoms with van der Waals surface area (Å²) >= 11 is 1.75. The SMILES string of the molecule is C.C=C.FC(F)(CC(CCI)C(F)(F)F)CC(F)(C(F)(F)F)C(F)(F)F.FC(F)(CC(I)C(F)(F)F)CC(F)(C(F)(F)F)C(F)(F)F. The van der Waals surface area contributed by atoms with Crippen LogP contribution < -0.4 is 0 Å². The first kappa shape index (κ1) is 53.3. The van der Waals surface area contributed by atoms with Crippen LogP contribution in [0.2, 0.25) is 0 Å². The summed E-state index contributed by atoms with van der Waals surface area (Å²) in [7, 11) is 0. The molecule has 0 aliphatic rings. The summed E-state index contributed by atoms with van der Waals surface area (Å²) in [5.74, 6) is -13.2. The zero-order valence-electron chi connectivity index (χ0n) is 21.6. The predicted octanol–water partition coefficient (Wildman–Crippen LogP) is 13.3. The summed E-state index contributed by atoms with van der Waals surface area (Å²) in [6.45, 7) is 6.00. The molecule has 0 nitrogen and oxygen atoms in total. The van der Waals surface area contributed by atoms with Crippen LogP contribution in [-0.2, 0) is 0 Å². The molecule has 0 bridgehead atoms. The number of halogens is 26. The van der Waals surface area contributed by atoms with Crippen LogP contribution in [0.5, 0.6) is 0 Å². The first-order chi connectivity index (χ1) is 19.7. The van der Waals surface area contributed by atoms with Gasteiger partial charge in [-0.05, 0) is 6.42 Å². The number of rotatable bonds is 10. The lowest BCUT2D eigenvalue weighted by atomic mass is 9.89. The monoisotopic (exact) mass is 984 g/mol. The van der Waals surface area contributed by atoms with Gasteiger partial charge in [-0.3, -0.25) is 0 Å². The van der Waals surface area contributed by atoms with E-state index in [-0.39, 0.29) is 11.9 Å². The van der Waals surface area contributed by atoms with Gasteiger partial charge in [0, 0.05) is 17.3 Å². The van der Waals surface area contributed by atoms with E-state index in [0.717, 1.165) is 0 Å². The lowest BCUT2D eigenvalue weighted by Gasteiger charge is -2.34. The number of hydrogen-bond donors (Lipinski definition) is 0. The van der Waals surface area contributed by atoms with Gasteiger partial charge in [0.05, 0.1) is 18.8 Å². The van der Waals surface area contributed by atoms with E-state index in [0.29, 0.717) is 22.6 Å². The first-order valence-electron chi connectivity index (χ1n) is 10.9. The van der Waals surface area contributed by atoms with Gasteiger partial charge in [0.25, 0.3) is 11.8 Å². The largest absolute Gasteiger partial charge is 0.431 e. The average Bonchev–Trinajstić information content (AvgIpc) is 2.75. The van der Waals surface area contributed by atoms with Gasteiger partial charge in [0.1, 0.15) is 3.92 Å². The fourth-order valence-corrected chi connectivity index (χ4v) is 4.23. The third-order valence-corrected chi connectivity index (χ3v) is 6.87. The van der Waals surface area contributed by atoms with Gasteiger partial charge in [-0.1, -0.05) is 52.6 Å². The molecule has 0 rings (SSSR count). The zero-order chi connectivity index (χ0) is 38.4. The molecule has 0 aromatic carbocycles. The Bertz CT molecular complexity index is 863.